The van der Waals surface area contributed by atoms with Crippen LogP contribution < -0.4 is 0 Å². The first-order valence-electron chi connectivity index (χ1n) is 5.82. The number of ketones is 1. The molecule has 1 aromatic carbocycles. The third-order valence-electron chi connectivity index (χ3n) is 2.86. The predicted octanol–water partition coefficient (Wildman–Crippen LogP) is 0.919. The van der Waals surface area contributed by atoms with E-state index in [1.165, 1.54) is 19.1 Å². The highest BCUT2D eigenvalue weighted by Gasteiger charge is 2.44. The largest absolute Gasteiger partial charge is 0.432 e. The van der Waals surface area contributed by atoms with Gasteiger partial charge in [-0.1, -0.05) is 30.3 Å². The van der Waals surface area contributed by atoms with Crippen LogP contribution in [0.1, 0.15) is 12.5 Å². The van der Waals surface area contributed by atoms with Gasteiger partial charge in [0.15, 0.2) is 11.4 Å². The van der Waals surface area contributed by atoms with Gasteiger partial charge in [-0.25, -0.2) is 0 Å². The Bertz CT molecular complexity index is 508. The summed E-state index contributed by atoms with van der Waals surface area (Å²) in [6.07, 6.45) is 1.63. The Labute approximate surface area is 110 Å². The molecule has 0 saturated heterocycles. The van der Waals surface area contributed by atoms with Crippen LogP contribution in [0.4, 0.5) is 0 Å². The summed E-state index contributed by atoms with van der Waals surface area (Å²) in [5.74, 6) is -0.909. The summed E-state index contributed by atoms with van der Waals surface area (Å²) in [6, 6.07) is 8.63. The summed E-state index contributed by atoms with van der Waals surface area (Å²) in [6.45, 7) is 0.717. The van der Waals surface area contributed by atoms with Gasteiger partial charge in [0.2, 0.25) is 6.29 Å². The number of rotatable bonds is 3. The second-order valence-electron chi connectivity index (χ2n) is 4.17. The summed E-state index contributed by atoms with van der Waals surface area (Å²) in [7, 11) is 0. The van der Waals surface area contributed by atoms with Gasteiger partial charge in [0, 0.05) is 6.92 Å². The number of hydrogen-bond acceptors (Lipinski definition) is 5. The molecule has 1 N–H and O–H groups in total. The van der Waals surface area contributed by atoms with Crippen LogP contribution in [-0.2, 0) is 24.7 Å². The number of carbonyl (C=O) groups is 2. The Kier molecular flexibility index (Phi) is 3.78. The van der Waals surface area contributed by atoms with Crippen molar-refractivity contribution in [2.24, 2.45) is 0 Å². The summed E-state index contributed by atoms with van der Waals surface area (Å²) in [4.78, 5) is 23.0. The average Bonchev–Trinajstić information content (AvgIpc) is 2.41. The van der Waals surface area contributed by atoms with E-state index in [4.69, 9.17) is 9.47 Å². The minimum absolute atomic E-state index is 0.385. The first kappa shape index (κ1) is 13.5. The lowest BCUT2D eigenvalue weighted by Gasteiger charge is -2.35. The normalized spacial score (nSPS) is 26.2. The van der Waals surface area contributed by atoms with Gasteiger partial charge in [0.05, 0.1) is 6.61 Å². The van der Waals surface area contributed by atoms with Gasteiger partial charge < -0.3 is 14.6 Å². The van der Waals surface area contributed by atoms with Crippen LogP contribution >= 0.6 is 0 Å². The van der Waals surface area contributed by atoms with Gasteiger partial charge in [-0.2, -0.15) is 0 Å². The number of carbonyl (C=O) groups excluding carboxylic acids is 2. The van der Waals surface area contributed by atoms with Crippen molar-refractivity contribution in [1.29, 1.82) is 0 Å². The van der Waals surface area contributed by atoms with Gasteiger partial charge in [-0.3, -0.25) is 9.59 Å². The molecule has 0 aliphatic carbocycles. The molecular formula is C14H14O5. The van der Waals surface area contributed by atoms with E-state index in [9.17, 15) is 14.7 Å². The van der Waals surface area contributed by atoms with E-state index in [-0.39, 0.29) is 5.78 Å². The van der Waals surface area contributed by atoms with E-state index in [0.717, 1.165) is 0 Å². The van der Waals surface area contributed by atoms with Crippen LogP contribution in [0.2, 0.25) is 0 Å². The highest BCUT2D eigenvalue weighted by atomic mass is 16.7. The molecule has 0 aromatic heterocycles. The van der Waals surface area contributed by atoms with Crippen LogP contribution in [-0.4, -0.2) is 29.8 Å². The Hall–Kier alpha value is -1.98. The molecule has 0 radical (unpaired) electrons. The molecule has 0 spiro atoms. The first-order chi connectivity index (χ1) is 9.08. The smallest absolute Gasteiger partial charge is 0.305 e. The van der Waals surface area contributed by atoms with E-state index in [1.54, 1.807) is 30.3 Å². The van der Waals surface area contributed by atoms with Crippen LogP contribution in [0.5, 0.6) is 0 Å². The zero-order valence-electron chi connectivity index (χ0n) is 10.4. The van der Waals surface area contributed by atoms with Crippen molar-refractivity contribution in [3.63, 3.8) is 0 Å². The van der Waals surface area contributed by atoms with Crippen LogP contribution in [0.15, 0.2) is 42.5 Å². The molecule has 100 valence electrons. The van der Waals surface area contributed by atoms with Gasteiger partial charge in [0.1, 0.15) is 0 Å². The number of esters is 1. The minimum Gasteiger partial charge on any atom is -0.432 e. The SMILES string of the molecule is CC(=O)OC1C=CC(=O)C(CO)(c2ccccc2)O1. The van der Waals surface area contributed by atoms with Gasteiger partial charge >= 0.3 is 5.97 Å². The zero-order chi connectivity index (χ0) is 13.9. The average molecular weight is 262 g/mol. The second kappa shape index (κ2) is 5.34. The maximum atomic E-state index is 12.1. The van der Waals surface area contributed by atoms with E-state index >= 15 is 0 Å². The lowest BCUT2D eigenvalue weighted by Crippen LogP contribution is -2.47. The number of benzene rings is 1. The molecule has 2 unspecified atom stereocenters. The van der Waals surface area contributed by atoms with Crippen molar-refractivity contribution in [2.75, 3.05) is 6.61 Å². The highest BCUT2D eigenvalue weighted by molar-refractivity contribution is 5.98. The second-order valence-corrected chi connectivity index (χ2v) is 4.17. The highest BCUT2D eigenvalue weighted by Crippen LogP contribution is 2.32. The van der Waals surface area contributed by atoms with E-state index in [0.29, 0.717) is 5.56 Å². The van der Waals surface area contributed by atoms with Crippen molar-refractivity contribution < 1.29 is 24.2 Å². The monoisotopic (exact) mass is 262 g/mol. The van der Waals surface area contributed by atoms with Crippen molar-refractivity contribution >= 4 is 11.8 Å². The number of ether oxygens (including phenoxy) is 2. The fraction of sp³-hybridized carbons (Fsp3) is 0.286. The molecule has 0 fully saturated rings. The van der Waals surface area contributed by atoms with Crippen molar-refractivity contribution in [3.8, 4) is 0 Å². The number of hydrogen-bond donors (Lipinski definition) is 1. The lowest BCUT2D eigenvalue weighted by molar-refractivity contribution is -0.209. The molecule has 2 atom stereocenters. The predicted molar refractivity (Wildman–Crippen MR) is 66.0 cm³/mol. The molecule has 1 heterocycles. The molecular weight excluding hydrogens is 248 g/mol. The molecule has 0 saturated carbocycles. The van der Waals surface area contributed by atoms with Gasteiger partial charge in [-0.05, 0) is 17.7 Å². The van der Waals surface area contributed by atoms with E-state index in [1.807, 2.05) is 0 Å². The molecule has 5 nitrogen and oxygen atoms in total. The fourth-order valence-electron chi connectivity index (χ4n) is 1.95. The van der Waals surface area contributed by atoms with Crippen LogP contribution in [0.3, 0.4) is 0 Å². The summed E-state index contributed by atoms with van der Waals surface area (Å²) < 4.78 is 10.4. The number of aliphatic hydroxyl groups excluding tert-OH is 1. The van der Waals surface area contributed by atoms with E-state index in [2.05, 4.69) is 0 Å². The topological polar surface area (TPSA) is 72.8 Å². The van der Waals surface area contributed by atoms with Crippen LogP contribution in [0, 0.1) is 0 Å². The third-order valence-corrected chi connectivity index (χ3v) is 2.86. The van der Waals surface area contributed by atoms with Crippen molar-refractivity contribution in [3.05, 3.63) is 48.0 Å². The molecule has 0 amide bonds. The molecule has 2 rings (SSSR count). The molecule has 0 bridgehead atoms. The molecule has 1 aromatic rings. The maximum absolute atomic E-state index is 12.1. The summed E-state index contributed by atoms with van der Waals surface area (Å²) in [5, 5.41) is 9.60. The Morgan fingerprint density at radius 3 is 2.68 bits per heavy atom. The Balaban J connectivity index is 2.36. The molecule has 19 heavy (non-hydrogen) atoms. The third kappa shape index (κ3) is 2.57. The van der Waals surface area contributed by atoms with Crippen molar-refractivity contribution in [1.82, 2.24) is 0 Å². The molecule has 5 heteroatoms. The van der Waals surface area contributed by atoms with Gasteiger partial charge in [0.25, 0.3) is 0 Å². The van der Waals surface area contributed by atoms with E-state index < -0.39 is 24.5 Å². The summed E-state index contributed by atoms with van der Waals surface area (Å²) in [5.41, 5.74) is -1.00. The Morgan fingerprint density at radius 2 is 2.11 bits per heavy atom. The molecule has 1 aliphatic rings. The minimum atomic E-state index is -1.52. The summed E-state index contributed by atoms with van der Waals surface area (Å²) >= 11 is 0. The fourth-order valence-corrected chi connectivity index (χ4v) is 1.95. The van der Waals surface area contributed by atoms with Crippen LogP contribution in [0.25, 0.3) is 0 Å². The maximum Gasteiger partial charge on any atom is 0.305 e. The standard InChI is InChI=1S/C14H14O5/c1-10(16)18-13-8-7-12(17)14(9-15,19-13)11-5-3-2-4-6-11/h2-8,13,15H,9H2,1H3. The lowest BCUT2D eigenvalue weighted by atomic mass is 9.88. The van der Waals surface area contributed by atoms with Gasteiger partial charge in [-0.15, -0.1) is 0 Å². The quantitative estimate of drug-likeness (QED) is 0.820. The Morgan fingerprint density at radius 1 is 1.42 bits per heavy atom. The first-order valence-corrected chi connectivity index (χ1v) is 5.82. The number of aliphatic hydroxyl groups is 1. The molecule has 1 aliphatic heterocycles. The van der Waals surface area contributed by atoms with Crippen molar-refractivity contribution in [2.45, 2.75) is 18.8 Å². The zero-order valence-corrected chi connectivity index (χ0v) is 10.4.